The number of aromatic nitrogens is 1. The van der Waals surface area contributed by atoms with Crippen LogP contribution in [-0.2, 0) is 14.8 Å². The fraction of sp³-hybridized carbons (Fsp3) is 0.400. The lowest BCUT2D eigenvalue weighted by molar-refractivity contribution is -0.120. The quantitative estimate of drug-likeness (QED) is 0.650. The Balaban J connectivity index is 2.77. The van der Waals surface area contributed by atoms with E-state index in [-0.39, 0.29) is 29.6 Å². The largest absolute Gasteiger partial charge is 0.372 e. The van der Waals surface area contributed by atoms with E-state index >= 15 is 0 Å². The molecular weight excluding hydrogens is 256 g/mol. The van der Waals surface area contributed by atoms with Crippen molar-refractivity contribution in [3.63, 3.8) is 0 Å². The number of amides is 1. The van der Waals surface area contributed by atoms with E-state index in [1.165, 1.54) is 25.4 Å². The molecule has 1 aromatic rings. The van der Waals surface area contributed by atoms with Gasteiger partial charge >= 0.3 is 0 Å². The van der Waals surface area contributed by atoms with Crippen LogP contribution in [-0.4, -0.2) is 39.9 Å². The average Bonchev–Trinajstić information content (AvgIpc) is 2.38. The first kappa shape index (κ1) is 14.4. The van der Waals surface area contributed by atoms with Gasteiger partial charge in [0.05, 0.1) is 0 Å². The zero-order valence-electron chi connectivity index (χ0n) is 10.2. The molecule has 0 bridgehead atoms. The van der Waals surface area contributed by atoms with Gasteiger partial charge in [-0.2, -0.15) is 0 Å². The first-order valence-corrected chi connectivity index (χ1v) is 6.82. The number of nitrogens with one attached hydrogen (secondary N) is 3. The number of hydrogen-bond acceptors (Lipinski definition) is 5. The summed E-state index contributed by atoms with van der Waals surface area (Å²) < 4.78 is 26.3. The van der Waals surface area contributed by atoms with Gasteiger partial charge < -0.3 is 10.6 Å². The zero-order chi connectivity index (χ0) is 13.6. The smallest absolute Gasteiger partial charge is 0.244 e. The lowest BCUT2D eigenvalue weighted by atomic mass is 10.4. The van der Waals surface area contributed by atoms with Crippen LogP contribution in [0.25, 0.3) is 0 Å². The minimum atomic E-state index is -3.66. The average molecular weight is 272 g/mol. The fourth-order valence-corrected chi connectivity index (χ4v) is 2.49. The second kappa shape index (κ2) is 6.31. The Kier molecular flexibility index (Phi) is 5.05. The van der Waals surface area contributed by atoms with Gasteiger partial charge in [-0.3, -0.25) is 4.79 Å². The highest BCUT2D eigenvalue weighted by Gasteiger charge is 2.18. The van der Waals surface area contributed by atoms with Gasteiger partial charge in [-0.15, -0.1) is 0 Å². The van der Waals surface area contributed by atoms with Gasteiger partial charge in [-0.1, -0.05) is 0 Å². The van der Waals surface area contributed by atoms with Crippen LogP contribution in [0.1, 0.15) is 6.42 Å². The van der Waals surface area contributed by atoms with Gasteiger partial charge in [0.1, 0.15) is 10.7 Å². The second-order valence-corrected chi connectivity index (χ2v) is 5.16. The van der Waals surface area contributed by atoms with Gasteiger partial charge in [0, 0.05) is 33.3 Å². The first-order valence-electron chi connectivity index (χ1n) is 5.34. The molecule has 0 fully saturated rings. The van der Waals surface area contributed by atoms with E-state index in [0.29, 0.717) is 0 Å². The van der Waals surface area contributed by atoms with Crippen LogP contribution in [0.2, 0.25) is 0 Å². The molecule has 3 N–H and O–H groups in total. The molecule has 0 aliphatic heterocycles. The van der Waals surface area contributed by atoms with Crippen molar-refractivity contribution in [2.45, 2.75) is 11.3 Å². The summed E-state index contributed by atoms with van der Waals surface area (Å²) in [5.41, 5.74) is 0. The summed E-state index contributed by atoms with van der Waals surface area (Å²) in [6.45, 7) is 0.0417. The van der Waals surface area contributed by atoms with Crippen LogP contribution in [0.4, 0.5) is 5.82 Å². The highest BCUT2D eigenvalue weighted by atomic mass is 32.2. The number of rotatable bonds is 6. The van der Waals surface area contributed by atoms with Crippen molar-refractivity contribution in [3.05, 3.63) is 18.3 Å². The van der Waals surface area contributed by atoms with E-state index in [2.05, 4.69) is 20.3 Å². The summed E-state index contributed by atoms with van der Waals surface area (Å²) in [6.07, 6.45) is 1.58. The summed E-state index contributed by atoms with van der Waals surface area (Å²) in [4.78, 5) is 15.0. The molecule has 0 unspecified atom stereocenters. The summed E-state index contributed by atoms with van der Waals surface area (Å²) in [5, 5.41) is 5.12. The maximum absolute atomic E-state index is 12.0. The molecule has 0 spiro atoms. The molecule has 0 aromatic carbocycles. The lowest BCUT2D eigenvalue weighted by Crippen LogP contribution is -2.29. The number of sulfonamides is 1. The molecule has 0 radical (unpaired) electrons. The van der Waals surface area contributed by atoms with Crippen molar-refractivity contribution in [1.82, 2.24) is 15.0 Å². The molecule has 0 atom stereocenters. The van der Waals surface area contributed by atoms with Gasteiger partial charge in [0.2, 0.25) is 15.9 Å². The molecule has 8 heteroatoms. The van der Waals surface area contributed by atoms with Crippen LogP contribution in [0.5, 0.6) is 0 Å². The van der Waals surface area contributed by atoms with Crippen molar-refractivity contribution in [2.75, 3.05) is 26.0 Å². The predicted molar refractivity (Wildman–Crippen MR) is 67.7 cm³/mol. The molecule has 100 valence electrons. The number of nitrogens with zero attached hydrogens (tertiary/aromatic N) is 1. The first-order chi connectivity index (χ1) is 8.51. The molecule has 1 aromatic heterocycles. The fourth-order valence-electron chi connectivity index (χ4n) is 1.30. The van der Waals surface area contributed by atoms with E-state index in [0.717, 1.165) is 0 Å². The predicted octanol–water partition coefficient (Wildman–Crippen LogP) is -0.462. The summed E-state index contributed by atoms with van der Waals surface area (Å²) >= 11 is 0. The van der Waals surface area contributed by atoms with Gasteiger partial charge in [0.15, 0.2) is 0 Å². The summed E-state index contributed by atoms with van der Waals surface area (Å²) in [6, 6.07) is 2.98. The normalized spacial score (nSPS) is 11.0. The van der Waals surface area contributed by atoms with Crippen LogP contribution in [0, 0.1) is 0 Å². The number of anilines is 1. The number of carbonyl (C=O) groups excluding carboxylic acids is 1. The highest BCUT2D eigenvalue weighted by Crippen LogP contribution is 2.16. The standard InChI is InChI=1S/C10H16N4O3S/c1-11-9(15)5-7-14-18(16,17)8-4-3-6-13-10(8)12-2/h3-4,6,14H,5,7H2,1-2H3,(H,11,15)(H,12,13). The van der Waals surface area contributed by atoms with Crippen molar-refractivity contribution in [3.8, 4) is 0 Å². The maximum Gasteiger partial charge on any atom is 0.244 e. The number of carbonyl (C=O) groups is 1. The Morgan fingerprint density at radius 1 is 1.39 bits per heavy atom. The highest BCUT2D eigenvalue weighted by molar-refractivity contribution is 7.89. The molecule has 1 heterocycles. The van der Waals surface area contributed by atoms with E-state index in [1.807, 2.05) is 0 Å². The monoisotopic (exact) mass is 272 g/mol. The molecule has 7 nitrogen and oxygen atoms in total. The van der Waals surface area contributed by atoms with E-state index in [9.17, 15) is 13.2 Å². The van der Waals surface area contributed by atoms with Crippen molar-refractivity contribution >= 4 is 21.7 Å². The van der Waals surface area contributed by atoms with Gasteiger partial charge in [0.25, 0.3) is 0 Å². The molecule has 1 rings (SSSR count). The maximum atomic E-state index is 12.0. The topological polar surface area (TPSA) is 100 Å². The summed E-state index contributed by atoms with van der Waals surface area (Å²) in [7, 11) is -0.576. The molecule has 0 aliphatic rings. The van der Waals surface area contributed by atoms with Crippen molar-refractivity contribution < 1.29 is 13.2 Å². The third kappa shape index (κ3) is 3.67. The van der Waals surface area contributed by atoms with Crippen LogP contribution in [0.15, 0.2) is 23.2 Å². The van der Waals surface area contributed by atoms with Crippen LogP contribution >= 0.6 is 0 Å². The number of hydrogen-bond donors (Lipinski definition) is 3. The molecule has 1 amide bonds. The van der Waals surface area contributed by atoms with E-state index in [1.54, 1.807) is 7.05 Å². The second-order valence-electron chi connectivity index (χ2n) is 3.42. The Labute approximate surface area is 106 Å². The van der Waals surface area contributed by atoms with Gasteiger partial charge in [-0.05, 0) is 12.1 Å². The Bertz CT molecular complexity index is 516. The molecule has 0 saturated carbocycles. The molecular formula is C10H16N4O3S. The third-order valence-electron chi connectivity index (χ3n) is 2.22. The Morgan fingerprint density at radius 3 is 2.72 bits per heavy atom. The van der Waals surface area contributed by atoms with Gasteiger partial charge in [-0.25, -0.2) is 18.1 Å². The SMILES string of the molecule is CNC(=O)CCNS(=O)(=O)c1cccnc1NC. The van der Waals surface area contributed by atoms with Crippen LogP contribution in [0.3, 0.4) is 0 Å². The Hall–Kier alpha value is -1.67. The van der Waals surface area contributed by atoms with Crippen LogP contribution < -0.4 is 15.4 Å². The third-order valence-corrected chi connectivity index (χ3v) is 3.71. The molecule has 0 aliphatic carbocycles. The van der Waals surface area contributed by atoms with Crippen molar-refractivity contribution in [1.29, 1.82) is 0 Å². The zero-order valence-corrected chi connectivity index (χ0v) is 11.0. The van der Waals surface area contributed by atoms with E-state index < -0.39 is 10.0 Å². The van der Waals surface area contributed by atoms with E-state index in [4.69, 9.17) is 0 Å². The lowest BCUT2D eigenvalue weighted by Gasteiger charge is -2.09. The van der Waals surface area contributed by atoms with Crippen molar-refractivity contribution in [2.24, 2.45) is 0 Å². The Morgan fingerprint density at radius 2 is 2.11 bits per heavy atom. The molecule has 18 heavy (non-hydrogen) atoms. The minimum Gasteiger partial charge on any atom is -0.372 e. The molecule has 0 saturated heterocycles. The minimum absolute atomic E-state index is 0.0417. The summed E-state index contributed by atoms with van der Waals surface area (Å²) in [5.74, 6) is 0.0441. The number of pyridine rings is 1.